The van der Waals surface area contributed by atoms with Crippen LogP contribution in [0, 0.1) is 6.92 Å². The standard InChI is InChI=1S/C11H15N5/c1-7-10-9(16(2)15-7)6-13-11(14-10)8-3-4-12-5-8/h6,8,12H,3-5H2,1-2H3. The molecule has 84 valence electrons. The largest absolute Gasteiger partial charge is 0.316 e. The second kappa shape index (κ2) is 3.52. The zero-order chi connectivity index (χ0) is 11.1. The van der Waals surface area contributed by atoms with Crippen molar-refractivity contribution in [2.45, 2.75) is 19.3 Å². The fourth-order valence-electron chi connectivity index (χ4n) is 2.29. The average molecular weight is 217 g/mol. The van der Waals surface area contributed by atoms with Crippen LogP contribution in [0.3, 0.4) is 0 Å². The third-order valence-corrected chi connectivity index (χ3v) is 3.20. The van der Waals surface area contributed by atoms with Gasteiger partial charge in [-0.2, -0.15) is 5.10 Å². The molecule has 0 radical (unpaired) electrons. The van der Waals surface area contributed by atoms with E-state index in [1.165, 1.54) is 0 Å². The Labute approximate surface area is 93.9 Å². The Morgan fingerprint density at radius 2 is 2.38 bits per heavy atom. The average Bonchev–Trinajstić information content (AvgIpc) is 2.88. The SMILES string of the molecule is Cc1nn(C)c2cnc(C3CCNC3)nc12. The van der Waals surface area contributed by atoms with Gasteiger partial charge in [-0.1, -0.05) is 0 Å². The Balaban J connectivity index is 2.11. The summed E-state index contributed by atoms with van der Waals surface area (Å²) in [5, 5.41) is 7.69. The molecule has 1 N–H and O–H groups in total. The molecule has 1 saturated heterocycles. The monoisotopic (exact) mass is 217 g/mol. The van der Waals surface area contributed by atoms with Gasteiger partial charge in [0.05, 0.1) is 11.9 Å². The van der Waals surface area contributed by atoms with Crippen LogP contribution in [0.4, 0.5) is 0 Å². The molecular formula is C11H15N5. The number of fused-ring (bicyclic) bond motifs is 1. The minimum atomic E-state index is 0.462. The highest BCUT2D eigenvalue weighted by atomic mass is 15.3. The molecule has 1 fully saturated rings. The van der Waals surface area contributed by atoms with Crippen molar-refractivity contribution >= 4 is 11.0 Å². The van der Waals surface area contributed by atoms with Crippen molar-refractivity contribution in [3.05, 3.63) is 17.7 Å². The summed E-state index contributed by atoms with van der Waals surface area (Å²) < 4.78 is 1.83. The smallest absolute Gasteiger partial charge is 0.133 e. The topological polar surface area (TPSA) is 55.6 Å². The Hall–Kier alpha value is -1.49. The van der Waals surface area contributed by atoms with Gasteiger partial charge in [-0.25, -0.2) is 9.97 Å². The third-order valence-electron chi connectivity index (χ3n) is 3.20. The summed E-state index contributed by atoms with van der Waals surface area (Å²) in [4.78, 5) is 9.09. The molecule has 3 heterocycles. The fourth-order valence-corrected chi connectivity index (χ4v) is 2.29. The van der Waals surface area contributed by atoms with Gasteiger partial charge < -0.3 is 5.32 Å². The fraction of sp³-hybridized carbons (Fsp3) is 0.545. The lowest BCUT2D eigenvalue weighted by atomic mass is 10.1. The molecule has 0 spiro atoms. The molecule has 1 aliphatic rings. The van der Waals surface area contributed by atoms with Crippen molar-refractivity contribution < 1.29 is 0 Å². The molecule has 1 atom stereocenters. The molecule has 5 nitrogen and oxygen atoms in total. The molecule has 0 aromatic carbocycles. The first kappa shape index (κ1) is 9.72. The maximum Gasteiger partial charge on any atom is 0.133 e. The minimum Gasteiger partial charge on any atom is -0.316 e. The molecule has 2 aromatic heterocycles. The van der Waals surface area contributed by atoms with Crippen LogP contribution in [0.2, 0.25) is 0 Å². The summed E-state index contributed by atoms with van der Waals surface area (Å²) in [6.45, 7) is 4.05. The van der Waals surface area contributed by atoms with Crippen molar-refractivity contribution in [3.8, 4) is 0 Å². The summed E-state index contributed by atoms with van der Waals surface area (Å²) >= 11 is 0. The van der Waals surface area contributed by atoms with Crippen LogP contribution in [-0.2, 0) is 7.05 Å². The molecular weight excluding hydrogens is 202 g/mol. The van der Waals surface area contributed by atoms with Crippen molar-refractivity contribution in [1.29, 1.82) is 0 Å². The highest BCUT2D eigenvalue weighted by Gasteiger charge is 2.20. The van der Waals surface area contributed by atoms with E-state index in [0.717, 1.165) is 42.1 Å². The van der Waals surface area contributed by atoms with E-state index in [9.17, 15) is 0 Å². The molecule has 1 unspecified atom stereocenters. The quantitative estimate of drug-likeness (QED) is 0.765. The first-order chi connectivity index (χ1) is 7.75. The predicted octanol–water partition coefficient (Wildman–Crippen LogP) is 0.749. The van der Waals surface area contributed by atoms with Crippen LogP contribution in [0.15, 0.2) is 6.20 Å². The van der Waals surface area contributed by atoms with E-state index in [-0.39, 0.29) is 0 Å². The molecule has 5 heteroatoms. The second-order valence-corrected chi connectivity index (χ2v) is 4.36. The Morgan fingerprint density at radius 1 is 1.50 bits per heavy atom. The molecule has 16 heavy (non-hydrogen) atoms. The first-order valence-electron chi connectivity index (χ1n) is 5.62. The second-order valence-electron chi connectivity index (χ2n) is 4.36. The zero-order valence-corrected chi connectivity index (χ0v) is 9.56. The molecule has 0 bridgehead atoms. The predicted molar refractivity (Wildman–Crippen MR) is 61.3 cm³/mol. The van der Waals surface area contributed by atoms with Gasteiger partial charge in [0.25, 0.3) is 0 Å². The zero-order valence-electron chi connectivity index (χ0n) is 9.56. The normalized spacial score (nSPS) is 20.8. The van der Waals surface area contributed by atoms with Crippen LogP contribution >= 0.6 is 0 Å². The van der Waals surface area contributed by atoms with E-state index in [4.69, 9.17) is 0 Å². The van der Waals surface area contributed by atoms with Gasteiger partial charge >= 0.3 is 0 Å². The minimum absolute atomic E-state index is 0.462. The van der Waals surface area contributed by atoms with Crippen LogP contribution in [-0.4, -0.2) is 32.8 Å². The van der Waals surface area contributed by atoms with E-state index in [1.807, 2.05) is 24.9 Å². The van der Waals surface area contributed by atoms with Crippen molar-refractivity contribution in [2.24, 2.45) is 7.05 Å². The van der Waals surface area contributed by atoms with Gasteiger partial charge in [-0.3, -0.25) is 4.68 Å². The Bertz CT molecular complexity index is 524. The van der Waals surface area contributed by atoms with Gasteiger partial charge in [0.1, 0.15) is 16.9 Å². The van der Waals surface area contributed by atoms with Gasteiger partial charge in [-0.05, 0) is 19.9 Å². The van der Waals surface area contributed by atoms with Gasteiger partial charge in [0, 0.05) is 19.5 Å². The molecule has 2 aromatic rings. The molecule has 0 saturated carbocycles. The van der Waals surface area contributed by atoms with Crippen LogP contribution < -0.4 is 5.32 Å². The van der Waals surface area contributed by atoms with Crippen molar-refractivity contribution in [1.82, 2.24) is 25.1 Å². The summed E-state index contributed by atoms with van der Waals surface area (Å²) in [6.07, 6.45) is 3.01. The van der Waals surface area contributed by atoms with Crippen LogP contribution in [0.1, 0.15) is 23.9 Å². The number of rotatable bonds is 1. The lowest BCUT2D eigenvalue weighted by molar-refractivity contribution is 0.706. The van der Waals surface area contributed by atoms with E-state index in [2.05, 4.69) is 20.4 Å². The molecule has 0 amide bonds. The number of nitrogens with zero attached hydrogens (tertiary/aromatic N) is 4. The van der Waals surface area contributed by atoms with Crippen molar-refractivity contribution in [3.63, 3.8) is 0 Å². The first-order valence-corrected chi connectivity index (χ1v) is 5.62. The van der Waals surface area contributed by atoms with E-state index in [1.54, 1.807) is 0 Å². The number of hydrogen-bond donors (Lipinski definition) is 1. The number of hydrogen-bond acceptors (Lipinski definition) is 4. The van der Waals surface area contributed by atoms with Gasteiger partial charge in [0.2, 0.25) is 0 Å². The van der Waals surface area contributed by atoms with E-state index < -0.39 is 0 Å². The Morgan fingerprint density at radius 3 is 3.12 bits per heavy atom. The molecule has 1 aliphatic heterocycles. The summed E-state index contributed by atoms with van der Waals surface area (Å²) in [7, 11) is 1.93. The van der Waals surface area contributed by atoms with Gasteiger partial charge in [-0.15, -0.1) is 0 Å². The highest BCUT2D eigenvalue weighted by Crippen LogP contribution is 2.21. The maximum atomic E-state index is 4.64. The van der Waals surface area contributed by atoms with Crippen LogP contribution in [0.5, 0.6) is 0 Å². The van der Waals surface area contributed by atoms with E-state index >= 15 is 0 Å². The summed E-state index contributed by atoms with van der Waals surface area (Å²) in [5.74, 6) is 1.41. The third kappa shape index (κ3) is 1.39. The van der Waals surface area contributed by atoms with Crippen molar-refractivity contribution in [2.75, 3.05) is 13.1 Å². The summed E-state index contributed by atoms with van der Waals surface area (Å²) in [5.41, 5.74) is 2.97. The lowest BCUT2D eigenvalue weighted by Crippen LogP contribution is -2.10. The Kier molecular flexibility index (Phi) is 2.14. The van der Waals surface area contributed by atoms with Crippen LogP contribution in [0.25, 0.3) is 11.0 Å². The number of nitrogens with one attached hydrogen (secondary N) is 1. The molecule has 0 aliphatic carbocycles. The molecule has 3 rings (SSSR count). The number of aryl methyl sites for hydroxylation is 2. The summed E-state index contributed by atoms with van der Waals surface area (Å²) in [6, 6.07) is 0. The highest BCUT2D eigenvalue weighted by molar-refractivity contribution is 5.76. The van der Waals surface area contributed by atoms with Gasteiger partial charge in [0.15, 0.2) is 0 Å². The lowest BCUT2D eigenvalue weighted by Gasteiger charge is -2.06. The van der Waals surface area contributed by atoms with E-state index in [0.29, 0.717) is 5.92 Å². The maximum absolute atomic E-state index is 4.64. The number of aromatic nitrogens is 4.